The fraction of sp³-hybridized carbons (Fsp3) is 0. The number of rotatable bonds is 0. The van der Waals surface area contributed by atoms with Gasteiger partial charge < -0.3 is 0 Å². The Morgan fingerprint density at radius 3 is 1.78 bits per heavy atom. The second-order valence-electron chi connectivity index (χ2n) is 1.57. The van der Waals surface area contributed by atoms with E-state index in [1.54, 1.807) is 22.7 Å². The molecule has 0 aliphatic carbocycles. The Morgan fingerprint density at radius 2 is 1.33 bits per heavy atom. The van der Waals surface area contributed by atoms with Gasteiger partial charge >= 0.3 is 0 Å². The molecule has 0 amide bonds. The van der Waals surface area contributed by atoms with E-state index in [-0.39, 0.29) is 23.9 Å². The molecule has 2 heterocycles. The molecule has 2 aromatic rings. The number of thiophene rings is 2. The molecule has 3 heteroatoms. The van der Waals surface area contributed by atoms with Crippen LogP contribution < -0.4 is 0 Å². The van der Waals surface area contributed by atoms with Crippen molar-refractivity contribution >= 4 is 56.0 Å². The quantitative estimate of drug-likeness (QED) is 0.638. The molecule has 0 aromatic carbocycles. The van der Waals surface area contributed by atoms with Crippen LogP contribution in [0.3, 0.4) is 0 Å². The first-order valence-corrected chi connectivity index (χ1v) is 4.13. The van der Waals surface area contributed by atoms with E-state index in [2.05, 4.69) is 22.9 Å². The normalized spacial score (nSPS) is 9.33. The van der Waals surface area contributed by atoms with Gasteiger partial charge in [-0.05, 0) is 22.9 Å². The van der Waals surface area contributed by atoms with E-state index in [0.717, 1.165) is 0 Å². The maximum atomic E-state index is 2.16. The van der Waals surface area contributed by atoms with Gasteiger partial charge in [-0.15, -0.1) is 22.7 Å². The van der Waals surface area contributed by atoms with Crippen LogP contribution in [-0.2, 0) is 0 Å². The zero-order valence-corrected chi connectivity index (χ0v) is 9.11. The topological polar surface area (TPSA) is 0 Å². The van der Waals surface area contributed by atoms with Gasteiger partial charge in [-0.3, -0.25) is 0 Å². The molecular weight excluding hydrogens is 255 g/mol. The van der Waals surface area contributed by atoms with Crippen molar-refractivity contribution < 1.29 is 0 Å². The third kappa shape index (κ3) is 1.30. The van der Waals surface area contributed by atoms with E-state index in [9.17, 15) is 0 Å². The Labute approximate surface area is 78.5 Å². The van der Waals surface area contributed by atoms with Crippen LogP contribution in [-0.4, -0.2) is 23.9 Å². The summed E-state index contributed by atoms with van der Waals surface area (Å²) in [4.78, 5) is 0. The smallest absolute Gasteiger partial charge is 0.0450 e. The first-order chi connectivity index (χ1) is 3.97. The number of hydrogen-bond acceptors (Lipinski definition) is 2. The molecule has 2 rings (SSSR count). The summed E-state index contributed by atoms with van der Waals surface area (Å²) >= 11 is 3.61. The summed E-state index contributed by atoms with van der Waals surface area (Å²) in [6.45, 7) is 0. The number of hydrogen-bond donors (Lipinski definition) is 0. The van der Waals surface area contributed by atoms with E-state index >= 15 is 0 Å². The van der Waals surface area contributed by atoms with Crippen LogP contribution in [0.4, 0.5) is 0 Å². The van der Waals surface area contributed by atoms with E-state index < -0.39 is 0 Å². The molecule has 0 unspecified atom stereocenters. The maximum absolute atomic E-state index is 2.16. The average molecular weight is 259 g/mol. The summed E-state index contributed by atoms with van der Waals surface area (Å²) in [7, 11) is 0. The molecule has 0 bridgehead atoms. The van der Waals surface area contributed by atoms with E-state index in [4.69, 9.17) is 0 Å². The second-order valence-corrected chi connectivity index (χ2v) is 3.47. The van der Waals surface area contributed by atoms with Crippen molar-refractivity contribution in [2.45, 2.75) is 0 Å². The van der Waals surface area contributed by atoms with Crippen LogP contribution in [0.15, 0.2) is 22.9 Å². The molecule has 0 spiro atoms. The van der Waals surface area contributed by atoms with Crippen molar-refractivity contribution in [1.29, 1.82) is 0 Å². The van der Waals surface area contributed by atoms with Crippen LogP contribution in [0, 0.1) is 0 Å². The predicted octanol–water partition coefficient (Wildman–Crippen LogP) is 2.58. The van der Waals surface area contributed by atoms with Crippen molar-refractivity contribution in [3.8, 4) is 0 Å². The zero-order chi connectivity index (χ0) is 5.40. The van der Waals surface area contributed by atoms with Gasteiger partial charge in [0, 0.05) is 33.3 Å². The summed E-state index contributed by atoms with van der Waals surface area (Å²) in [5.74, 6) is 0. The van der Waals surface area contributed by atoms with E-state index in [1.807, 2.05) is 0 Å². The van der Waals surface area contributed by atoms with Crippen LogP contribution in [0.1, 0.15) is 0 Å². The minimum absolute atomic E-state index is 0. The molecule has 0 fully saturated rings. The molecule has 0 aliphatic rings. The molecular formula is C6H4S2Sn. The monoisotopic (exact) mass is 260 g/mol. The first-order valence-electron chi connectivity index (χ1n) is 2.37. The molecule has 0 nitrogen and oxygen atoms in total. The molecule has 0 saturated carbocycles. The first kappa shape index (κ1) is 7.56. The van der Waals surface area contributed by atoms with Crippen LogP contribution >= 0.6 is 22.7 Å². The molecule has 0 N–H and O–H groups in total. The Kier molecular flexibility index (Phi) is 2.55. The standard InChI is InChI=1S/C6H4S2.Sn/c1-3-7-6-2-4-8-5(1)6;/h1-4H;. The second kappa shape index (κ2) is 3.03. The molecule has 4 radical (unpaired) electrons. The minimum atomic E-state index is 0. The molecule has 44 valence electrons. The summed E-state index contributed by atoms with van der Waals surface area (Å²) in [6, 6.07) is 4.31. The van der Waals surface area contributed by atoms with Gasteiger partial charge in [0.25, 0.3) is 0 Å². The van der Waals surface area contributed by atoms with Crippen LogP contribution in [0.5, 0.6) is 0 Å². The third-order valence-electron chi connectivity index (χ3n) is 1.07. The molecule has 0 aliphatic heterocycles. The fourth-order valence-electron chi connectivity index (χ4n) is 0.697. The van der Waals surface area contributed by atoms with Crippen molar-refractivity contribution in [2.24, 2.45) is 0 Å². The van der Waals surface area contributed by atoms with Gasteiger partial charge in [-0.25, -0.2) is 0 Å². The molecule has 0 atom stereocenters. The Morgan fingerprint density at radius 1 is 0.889 bits per heavy atom. The summed E-state index contributed by atoms with van der Waals surface area (Å²) in [5, 5.41) is 4.25. The number of fused-ring (bicyclic) bond motifs is 1. The fourth-order valence-corrected chi connectivity index (χ4v) is 2.52. The zero-order valence-electron chi connectivity index (χ0n) is 4.63. The summed E-state index contributed by atoms with van der Waals surface area (Å²) in [5.41, 5.74) is 0. The largest absolute Gasteiger partial charge is 0.143 e. The Balaban J connectivity index is 0.000000405. The van der Waals surface area contributed by atoms with Gasteiger partial charge in [0.05, 0.1) is 0 Å². The summed E-state index contributed by atoms with van der Waals surface area (Å²) in [6.07, 6.45) is 0. The van der Waals surface area contributed by atoms with Gasteiger partial charge in [0.15, 0.2) is 0 Å². The summed E-state index contributed by atoms with van der Waals surface area (Å²) < 4.78 is 2.82. The Bertz CT molecular complexity index is 232. The van der Waals surface area contributed by atoms with Crippen molar-refractivity contribution in [1.82, 2.24) is 0 Å². The minimum Gasteiger partial charge on any atom is -0.143 e. The average Bonchev–Trinajstić information content (AvgIpc) is 2.15. The molecule has 0 saturated heterocycles. The van der Waals surface area contributed by atoms with E-state index in [0.29, 0.717) is 0 Å². The van der Waals surface area contributed by atoms with Gasteiger partial charge in [0.2, 0.25) is 0 Å². The predicted molar refractivity (Wildman–Crippen MR) is 45.5 cm³/mol. The van der Waals surface area contributed by atoms with Crippen LogP contribution in [0.2, 0.25) is 0 Å². The SMILES string of the molecule is [Sn].c1cc2sccc2s1. The van der Waals surface area contributed by atoms with E-state index in [1.165, 1.54) is 9.40 Å². The van der Waals surface area contributed by atoms with Crippen molar-refractivity contribution in [3.05, 3.63) is 22.9 Å². The van der Waals surface area contributed by atoms with Crippen molar-refractivity contribution in [3.63, 3.8) is 0 Å². The third-order valence-corrected chi connectivity index (χ3v) is 2.97. The molecule has 2 aromatic heterocycles. The van der Waals surface area contributed by atoms with Crippen molar-refractivity contribution in [2.75, 3.05) is 0 Å². The van der Waals surface area contributed by atoms with Gasteiger partial charge in [-0.1, -0.05) is 0 Å². The van der Waals surface area contributed by atoms with Crippen LogP contribution in [0.25, 0.3) is 9.40 Å². The van der Waals surface area contributed by atoms with Gasteiger partial charge in [-0.2, -0.15) is 0 Å². The Hall–Kier alpha value is 0.459. The van der Waals surface area contributed by atoms with Gasteiger partial charge in [0.1, 0.15) is 0 Å². The molecule has 9 heavy (non-hydrogen) atoms. The maximum Gasteiger partial charge on any atom is 0.0450 e.